The van der Waals surface area contributed by atoms with Gasteiger partial charge in [-0.25, -0.2) is 9.97 Å². The Hall–Kier alpha value is -0.750. The summed E-state index contributed by atoms with van der Waals surface area (Å²) in [5, 5.41) is 3.39. The van der Waals surface area contributed by atoms with E-state index in [1.165, 1.54) is 5.69 Å². The van der Waals surface area contributed by atoms with Crippen LogP contribution < -0.4 is 5.32 Å². The molecule has 1 fully saturated rings. The van der Waals surface area contributed by atoms with Gasteiger partial charge in [0.25, 0.3) is 0 Å². The maximum atomic E-state index is 5.61. The van der Waals surface area contributed by atoms with E-state index in [0.717, 1.165) is 37.3 Å². The highest BCUT2D eigenvalue weighted by molar-refractivity contribution is 5.85. The largest absolute Gasteiger partial charge is 0.382 e. The van der Waals surface area contributed by atoms with Crippen molar-refractivity contribution in [1.29, 1.82) is 0 Å². The van der Waals surface area contributed by atoms with Crippen LogP contribution in [-0.2, 0) is 16.1 Å². The summed E-state index contributed by atoms with van der Waals surface area (Å²) in [5.74, 6) is 1.37. The molecule has 6 heteroatoms. The lowest BCUT2D eigenvalue weighted by molar-refractivity contribution is 0.0608. The van der Waals surface area contributed by atoms with Gasteiger partial charge in [0.05, 0.1) is 25.5 Å². The molecule has 1 saturated heterocycles. The minimum absolute atomic E-state index is 0. The van der Waals surface area contributed by atoms with Crippen molar-refractivity contribution in [2.24, 2.45) is 0 Å². The second kappa shape index (κ2) is 9.23. The van der Waals surface area contributed by atoms with E-state index in [9.17, 15) is 0 Å². The molecule has 0 aliphatic carbocycles. The average molecular weight is 302 g/mol. The molecular formula is C14H24ClN3O2. The summed E-state index contributed by atoms with van der Waals surface area (Å²) in [6.45, 7) is 5.88. The molecule has 1 aliphatic rings. The highest BCUT2D eigenvalue weighted by Gasteiger charge is 2.20. The number of nitrogens with zero attached hydrogens (tertiary/aromatic N) is 2. The molecule has 1 N–H and O–H groups in total. The van der Waals surface area contributed by atoms with Gasteiger partial charge in [-0.05, 0) is 32.9 Å². The molecule has 114 valence electrons. The normalized spacial score (nSPS) is 15.9. The standard InChI is InChI=1S/C14H23N3O2.ClH/c1-11-16-9-13(10-19-8-7-18-2)14(17-11)12-3-5-15-6-4-12;/h9,12,15H,3-8,10H2,1-2H3;1H. The molecule has 1 aromatic heterocycles. The Bertz CT molecular complexity index is 398. The number of aromatic nitrogens is 2. The van der Waals surface area contributed by atoms with Gasteiger partial charge in [-0.2, -0.15) is 0 Å². The molecule has 1 aromatic rings. The molecule has 2 rings (SSSR count). The molecule has 0 saturated carbocycles. The second-order valence-corrected chi connectivity index (χ2v) is 4.90. The van der Waals surface area contributed by atoms with Crippen LogP contribution in [0.1, 0.15) is 35.8 Å². The number of nitrogens with one attached hydrogen (secondary N) is 1. The van der Waals surface area contributed by atoms with E-state index in [1.54, 1.807) is 7.11 Å². The SMILES string of the molecule is COCCOCc1cnc(C)nc1C1CCNCC1.Cl. The average Bonchev–Trinajstić information content (AvgIpc) is 2.46. The third-order valence-corrected chi connectivity index (χ3v) is 3.43. The van der Waals surface area contributed by atoms with Crippen LogP contribution in [0.25, 0.3) is 0 Å². The first kappa shape index (κ1) is 17.3. The number of rotatable bonds is 6. The van der Waals surface area contributed by atoms with Crippen LogP contribution in [0.4, 0.5) is 0 Å². The van der Waals surface area contributed by atoms with Crippen molar-refractivity contribution in [3.8, 4) is 0 Å². The topological polar surface area (TPSA) is 56.3 Å². The monoisotopic (exact) mass is 301 g/mol. The fourth-order valence-electron chi connectivity index (χ4n) is 2.40. The second-order valence-electron chi connectivity index (χ2n) is 4.90. The van der Waals surface area contributed by atoms with Crippen LogP contribution in [0, 0.1) is 6.92 Å². The third kappa shape index (κ3) is 4.98. The van der Waals surface area contributed by atoms with Crippen LogP contribution in [0.15, 0.2) is 6.20 Å². The Morgan fingerprint density at radius 2 is 2.05 bits per heavy atom. The highest BCUT2D eigenvalue weighted by atomic mass is 35.5. The van der Waals surface area contributed by atoms with E-state index in [4.69, 9.17) is 9.47 Å². The minimum atomic E-state index is 0. The number of aryl methyl sites for hydroxylation is 1. The molecular weight excluding hydrogens is 278 g/mol. The summed E-state index contributed by atoms with van der Waals surface area (Å²) in [6, 6.07) is 0. The van der Waals surface area contributed by atoms with Gasteiger partial charge in [-0.1, -0.05) is 0 Å². The number of methoxy groups -OCH3 is 1. The zero-order chi connectivity index (χ0) is 13.5. The molecule has 2 heterocycles. The molecule has 5 nitrogen and oxygen atoms in total. The first-order valence-corrected chi connectivity index (χ1v) is 6.91. The van der Waals surface area contributed by atoms with Crippen molar-refractivity contribution in [3.05, 3.63) is 23.3 Å². The van der Waals surface area contributed by atoms with Crippen LogP contribution in [0.2, 0.25) is 0 Å². The molecule has 0 spiro atoms. The van der Waals surface area contributed by atoms with Gasteiger partial charge < -0.3 is 14.8 Å². The van der Waals surface area contributed by atoms with Crippen LogP contribution in [-0.4, -0.2) is 43.4 Å². The van der Waals surface area contributed by atoms with E-state index < -0.39 is 0 Å². The lowest BCUT2D eigenvalue weighted by Gasteiger charge is -2.24. The Labute approximate surface area is 126 Å². The maximum absolute atomic E-state index is 5.61. The fourth-order valence-corrected chi connectivity index (χ4v) is 2.40. The van der Waals surface area contributed by atoms with Gasteiger partial charge in [-0.15, -0.1) is 12.4 Å². The summed E-state index contributed by atoms with van der Waals surface area (Å²) in [6.07, 6.45) is 4.19. The van der Waals surface area contributed by atoms with Crippen molar-refractivity contribution < 1.29 is 9.47 Å². The predicted octanol–water partition coefficient (Wildman–Crippen LogP) is 1.84. The number of ether oxygens (including phenoxy) is 2. The zero-order valence-corrected chi connectivity index (χ0v) is 13.0. The van der Waals surface area contributed by atoms with E-state index in [2.05, 4.69) is 15.3 Å². The fraction of sp³-hybridized carbons (Fsp3) is 0.714. The van der Waals surface area contributed by atoms with Crippen LogP contribution >= 0.6 is 12.4 Å². The quantitative estimate of drug-likeness (QED) is 0.813. The van der Waals surface area contributed by atoms with Crippen LogP contribution in [0.3, 0.4) is 0 Å². The number of hydrogen-bond donors (Lipinski definition) is 1. The van der Waals surface area contributed by atoms with Gasteiger partial charge in [0.2, 0.25) is 0 Å². The van der Waals surface area contributed by atoms with Crippen LogP contribution in [0.5, 0.6) is 0 Å². The van der Waals surface area contributed by atoms with Crippen molar-refractivity contribution >= 4 is 12.4 Å². The molecule has 1 aliphatic heterocycles. The zero-order valence-electron chi connectivity index (χ0n) is 12.2. The van der Waals surface area contributed by atoms with Gasteiger partial charge in [0.15, 0.2) is 0 Å². The van der Waals surface area contributed by atoms with Gasteiger partial charge >= 0.3 is 0 Å². The van der Waals surface area contributed by atoms with Gasteiger partial charge in [0.1, 0.15) is 5.82 Å². The lowest BCUT2D eigenvalue weighted by Crippen LogP contribution is -2.28. The van der Waals surface area contributed by atoms with Crippen molar-refractivity contribution in [1.82, 2.24) is 15.3 Å². The summed E-state index contributed by atoms with van der Waals surface area (Å²) >= 11 is 0. The first-order valence-electron chi connectivity index (χ1n) is 6.91. The van der Waals surface area contributed by atoms with Crippen molar-refractivity contribution in [2.45, 2.75) is 32.3 Å². The maximum Gasteiger partial charge on any atom is 0.125 e. The Morgan fingerprint density at radius 3 is 2.75 bits per heavy atom. The highest BCUT2D eigenvalue weighted by Crippen LogP contribution is 2.26. The summed E-state index contributed by atoms with van der Waals surface area (Å²) < 4.78 is 10.6. The number of hydrogen-bond acceptors (Lipinski definition) is 5. The Balaban J connectivity index is 0.00000200. The van der Waals surface area contributed by atoms with Gasteiger partial charge in [-0.3, -0.25) is 0 Å². The molecule has 0 aromatic carbocycles. The van der Waals surface area contributed by atoms with E-state index >= 15 is 0 Å². The summed E-state index contributed by atoms with van der Waals surface area (Å²) in [7, 11) is 1.68. The Morgan fingerprint density at radius 1 is 1.30 bits per heavy atom. The molecule has 0 amide bonds. The summed E-state index contributed by atoms with van der Waals surface area (Å²) in [4.78, 5) is 8.94. The third-order valence-electron chi connectivity index (χ3n) is 3.43. The van der Waals surface area contributed by atoms with Crippen molar-refractivity contribution in [2.75, 3.05) is 33.4 Å². The van der Waals surface area contributed by atoms with Crippen molar-refractivity contribution in [3.63, 3.8) is 0 Å². The van der Waals surface area contributed by atoms with Gasteiger partial charge in [0, 0.05) is 24.8 Å². The lowest BCUT2D eigenvalue weighted by atomic mass is 9.92. The molecule has 0 atom stereocenters. The molecule has 0 bridgehead atoms. The number of halogens is 1. The first-order chi connectivity index (χ1) is 9.31. The predicted molar refractivity (Wildman–Crippen MR) is 80.4 cm³/mol. The van der Waals surface area contributed by atoms with E-state index in [-0.39, 0.29) is 12.4 Å². The Kier molecular flexibility index (Phi) is 7.99. The number of piperidine rings is 1. The smallest absolute Gasteiger partial charge is 0.125 e. The molecule has 20 heavy (non-hydrogen) atoms. The molecule has 0 radical (unpaired) electrons. The minimum Gasteiger partial charge on any atom is -0.382 e. The van der Waals surface area contributed by atoms with E-state index in [0.29, 0.717) is 25.7 Å². The van der Waals surface area contributed by atoms with E-state index in [1.807, 2.05) is 13.1 Å². The summed E-state index contributed by atoms with van der Waals surface area (Å²) in [5.41, 5.74) is 2.29. The molecule has 0 unspecified atom stereocenters.